The number of benzene rings is 1. The lowest BCUT2D eigenvalue weighted by atomic mass is 9.99. The molecule has 1 amide bonds. The number of hydrogen-bond donors (Lipinski definition) is 0. The Balaban J connectivity index is 2.42. The summed E-state index contributed by atoms with van der Waals surface area (Å²) in [6.45, 7) is 3.38. The van der Waals surface area contributed by atoms with Crippen molar-refractivity contribution in [3.8, 4) is 0 Å². The lowest BCUT2D eigenvalue weighted by Gasteiger charge is -2.30. The first-order chi connectivity index (χ1) is 6.74. The second kappa shape index (κ2) is 3.62. The van der Waals surface area contributed by atoms with Gasteiger partial charge in [-0.15, -0.1) is 11.6 Å². The lowest BCUT2D eigenvalue weighted by molar-refractivity contribution is -0.132. The van der Waals surface area contributed by atoms with E-state index in [0.717, 1.165) is 17.7 Å². The molecule has 0 aromatic heterocycles. The number of likely N-dealkylation sites (N-methyl/N-ethyl adjacent to an activating group) is 1. The number of carbonyl (C=O) groups is 1. The van der Waals surface area contributed by atoms with Gasteiger partial charge in [-0.05, 0) is 18.1 Å². The molecule has 74 valence electrons. The van der Waals surface area contributed by atoms with Gasteiger partial charge in [0, 0.05) is 13.1 Å². The van der Waals surface area contributed by atoms with Crippen LogP contribution in [0.3, 0.4) is 0 Å². The normalized spacial score (nSPS) is 20.9. The summed E-state index contributed by atoms with van der Waals surface area (Å²) < 4.78 is 0. The standard InChI is InChI=1S/C11H12ClNO/c1-2-13-7-8-5-3-4-6-9(8)10(12)11(13)14/h3-6,10H,2,7H2,1H3. The second-order valence-electron chi connectivity index (χ2n) is 3.41. The maximum atomic E-state index is 11.7. The molecule has 1 unspecified atom stereocenters. The molecule has 1 aliphatic rings. The summed E-state index contributed by atoms with van der Waals surface area (Å²) in [5.74, 6) is 0.0212. The van der Waals surface area contributed by atoms with Crippen LogP contribution in [0.15, 0.2) is 24.3 Å². The highest BCUT2D eigenvalue weighted by Gasteiger charge is 2.29. The predicted octanol–water partition coefficient (Wildman–Crippen LogP) is 2.33. The summed E-state index contributed by atoms with van der Waals surface area (Å²) in [4.78, 5) is 13.5. The molecule has 0 radical (unpaired) electrons. The van der Waals surface area contributed by atoms with Crippen molar-refractivity contribution in [2.75, 3.05) is 6.54 Å². The van der Waals surface area contributed by atoms with Crippen LogP contribution in [0.2, 0.25) is 0 Å². The Labute approximate surface area is 88.5 Å². The first kappa shape index (κ1) is 9.53. The first-order valence-electron chi connectivity index (χ1n) is 4.74. The molecule has 0 N–H and O–H groups in total. The monoisotopic (exact) mass is 209 g/mol. The SMILES string of the molecule is CCN1Cc2ccccc2C(Cl)C1=O. The summed E-state index contributed by atoms with van der Waals surface area (Å²) in [6, 6.07) is 7.85. The van der Waals surface area contributed by atoms with Crippen molar-refractivity contribution in [3.63, 3.8) is 0 Å². The molecule has 0 bridgehead atoms. The van der Waals surface area contributed by atoms with Crippen molar-refractivity contribution < 1.29 is 4.79 Å². The summed E-state index contributed by atoms with van der Waals surface area (Å²) >= 11 is 6.08. The van der Waals surface area contributed by atoms with E-state index >= 15 is 0 Å². The van der Waals surface area contributed by atoms with Crippen molar-refractivity contribution in [2.45, 2.75) is 18.8 Å². The fourth-order valence-electron chi connectivity index (χ4n) is 1.77. The van der Waals surface area contributed by atoms with Crippen molar-refractivity contribution in [1.82, 2.24) is 4.90 Å². The van der Waals surface area contributed by atoms with Crippen LogP contribution in [-0.2, 0) is 11.3 Å². The fraction of sp³-hybridized carbons (Fsp3) is 0.364. The molecule has 1 aromatic carbocycles. The van der Waals surface area contributed by atoms with E-state index < -0.39 is 5.38 Å². The topological polar surface area (TPSA) is 20.3 Å². The zero-order chi connectivity index (χ0) is 10.1. The third-order valence-corrected chi connectivity index (χ3v) is 3.02. The Morgan fingerprint density at radius 1 is 1.50 bits per heavy atom. The zero-order valence-corrected chi connectivity index (χ0v) is 8.79. The molecule has 1 aromatic rings. The minimum Gasteiger partial charge on any atom is -0.337 e. The number of fused-ring (bicyclic) bond motifs is 1. The molecule has 14 heavy (non-hydrogen) atoms. The molecule has 1 atom stereocenters. The quantitative estimate of drug-likeness (QED) is 0.651. The van der Waals surface area contributed by atoms with Gasteiger partial charge in [0.25, 0.3) is 0 Å². The minimum atomic E-state index is -0.500. The number of halogens is 1. The van der Waals surface area contributed by atoms with Gasteiger partial charge in [0.05, 0.1) is 0 Å². The van der Waals surface area contributed by atoms with Gasteiger partial charge in [-0.3, -0.25) is 4.79 Å². The molecule has 1 heterocycles. The third kappa shape index (κ3) is 1.40. The molecule has 0 spiro atoms. The van der Waals surface area contributed by atoms with E-state index in [1.54, 1.807) is 4.90 Å². The Morgan fingerprint density at radius 3 is 2.93 bits per heavy atom. The van der Waals surface area contributed by atoms with Crippen molar-refractivity contribution in [1.29, 1.82) is 0 Å². The van der Waals surface area contributed by atoms with Gasteiger partial charge in [-0.1, -0.05) is 24.3 Å². The number of alkyl halides is 1. The highest BCUT2D eigenvalue weighted by atomic mass is 35.5. The van der Waals surface area contributed by atoms with Crippen LogP contribution in [0, 0.1) is 0 Å². The van der Waals surface area contributed by atoms with E-state index in [0.29, 0.717) is 6.54 Å². The van der Waals surface area contributed by atoms with Crippen LogP contribution in [0.5, 0.6) is 0 Å². The molecule has 2 nitrogen and oxygen atoms in total. The number of rotatable bonds is 1. The van der Waals surface area contributed by atoms with Crippen molar-refractivity contribution in [2.24, 2.45) is 0 Å². The Morgan fingerprint density at radius 2 is 2.21 bits per heavy atom. The molecular formula is C11H12ClNO. The summed E-state index contributed by atoms with van der Waals surface area (Å²) in [5.41, 5.74) is 2.12. The van der Waals surface area contributed by atoms with E-state index in [1.165, 1.54) is 0 Å². The molecule has 0 aliphatic carbocycles. The van der Waals surface area contributed by atoms with Crippen LogP contribution in [0.4, 0.5) is 0 Å². The predicted molar refractivity (Wildman–Crippen MR) is 56.1 cm³/mol. The molecule has 3 heteroatoms. The van der Waals surface area contributed by atoms with Gasteiger partial charge in [0.2, 0.25) is 5.91 Å². The van der Waals surface area contributed by atoms with Crippen LogP contribution in [0.1, 0.15) is 23.4 Å². The van der Waals surface area contributed by atoms with E-state index in [2.05, 4.69) is 0 Å². The fourth-order valence-corrected chi connectivity index (χ4v) is 2.12. The average molecular weight is 210 g/mol. The van der Waals surface area contributed by atoms with E-state index in [9.17, 15) is 4.79 Å². The van der Waals surface area contributed by atoms with E-state index in [1.807, 2.05) is 31.2 Å². The Kier molecular flexibility index (Phi) is 2.46. The van der Waals surface area contributed by atoms with Gasteiger partial charge in [0.1, 0.15) is 5.38 Å². The summed E-state index contributed by atoms with van der Waals surface area (Å²) in [5, 5.41) is -0.500. The smallest absolute Gasteiger partial charge is 0.245 e. The average Bonchev–Trinajstić information content (AvgIpc) is 2.23. The highest BCUT2D eigenvalue weighted by Crippen LogP contribution is 2.31. The van der Waals surface area contributed by atoms with Crippen molar-refractivity contribution >= 4 is 17.5 Å². The number of nitrogens with zero attached hydrogens (tertiary/aromatic N) is 1. The summed E-state index contributed by atoms with van der Waals surface area (Å²) in [7, 11) is 0. The van der Waals surface area contributed by atoms with Gasteiger partial charge in [0.15, 0.2) is 0 Å². The van der Waals surface area contributed by atoms with Gasteiger partial charge in [-0.25, -0.2) is 0 Å². The van der Waals surface area contributed by atoms with E-state index in [-0.39, 0.29) is 5.91 Å². The van der Waals surface area contributed by atoms with Gasteiger partial charge in [-0.2, -0.15) is 0 Å². The van der Waals surface area contributed by atoms with Crippen molar-refractivity contribution in [3.05, 3.63) is 35.4 Å². The molecule has 1 aliphatic heterocycles. The largest absolute Gasteiger partial charge is 0.337 e. The minimum absolute atomic E-state index is 0.0212. The Bertz CT molecular complexity index is 364. The molecule has 0 saturated heterocycles. The van der Waals surface area contributed by atoms with Crippen LogP contribution in [-0.4, -0.2) is 17.4 Å². The van der Waals surface area contributed by atoms with E-state index in [4.69, 9.17) is 11.6 Å². The first-order valence-corrected chi connectivity index (χ1v) is 5.18. The lowest BCUT2D eigenvalue weighted by Crippen LogP contribution is -2.37. The second-order valence-corrected chi connectivity index (χ2v) is 3.85. The van der Waals surface area contributed by atoms with Crippen LogP contribution >= 0.6 is 11.6 Å². The molecule has 2 rings (SSSR count). The zero-order valence-electron chi connectivity index (χ0n) is 8.03. The summed E-state index contributed by atoms with van der Waals surface area (Å²) in [6.07, 6.45) is 0. The maximum Gasteiger partial charge on any atom is 0.245 e. The van der Waals surface area contributed by atoms with Crippen LogP contribution in [0.25, 0.3) is 0 Å². The highest BCUT2D eigenvalue weighted by molar-refractivity contribution is 6.31. The third-order valence-electron chi connectivity index (χ3n) is 2.60. The van der Waals surface area contributed by atoms with Gasteiger partial charge < -0.3 is 4.90 Å². The number of amides is 1. The number of carbonyl (C=O) groups excluding carboxylic acids is 1. The number of hydrogen-bond acceptors (Lipinski definition) is 1. The Hall–Kier alpha value is -1.02. The molecular weight excluding hydrogens is 198 g/mol. The van der Waals surface area contributed by atoms with Gasteiger partial charge >= 0.3 is 0 Å². The maximum absolute atomic E-state index is 11.7. The van der Waals surface area contributed by atoms with Crippen LogP contribution < -0.4 is 0 Å². The molecule has 0 fully saturated rings. The molecule has 0 saturated carbocycles.